The van der Waals surface area contributed by atoms with E-state index in [1.165, 1.54) is 36.1 Å². The summed E-state index contributed by atoms with van der Waals surface area (Å²) in [5.74, 6) is 0. The van der Waals surface area contributed by atoms with Crippen molar-refractivity contribution < 1.29 is 0 Å². The summed E-state index contributed by atoms with van der Waals surface area (Å²) in [5.41, 5.74) is 3.88. The van der Waals surface area contributed by atoms with Gasteiger partial charge in [0.05, 0.1) is 6.04 Å². The lowest BCUT2D eigenvalue weighted by Crippen LogP contribution is -2.10. The van der Waals surface area contributed by atoms with Gasteiger partial charge in [-0.2, -0.15) is 0 Å². The van der Waals surface area contributed by atoms with Crippen molar-refractivity contribution in [3.8, 4) is 0 Å². The second-order valence-corrected chi connectivity index (χ2v) is 5.12. The minimum atomic E-state index is 0.406. The van der Waals surface area contributed by atoms with Gasteiger partial charge >= 0.3 is 0 Å². The molecule has 0 aliphatic heterocycles. The Balaban J connectivity index is 2.14. The number of unbranched alkanes of at least 4 members (excludes halogenated alkanes) is 1. The highest BCUT2D eigenvalue weighted by Crippen LogP contribution is 2.24. The van der Waals surface area contributed by atoms with Crippen LogP contribution in [-0.2, 0) is 0 Å². The highest BCUT2D eigenvalue weighted by Gasteiger charge is 2.10. The van der Waals surface area contributed by atoms with E-state index in [0.717, 1.165) is 0 Å². The molecule has 2 rings (SSSR count). The van der Waals surface area contributed by atoms with E-state index >= 15 is 0 Å². The molecule has 0 bridgehead atoms. The average Bonchev–Trinajstić information content (AvgIpc) is 2.44. The standard InChI is InChI=1S/C18H23N/c1-3-4-13-18(16-10-6-5-7-11-16)19-17-12-8-9-15(2)14-17/h5-12,14,18-19H,3-4,13H2,1-2H3. The van der Waals surface area contributed by atoms with Gasteiger partial charge < -0.3 is 5.32 Å². The molecule has 0 saturated carbocycles. The second kappa shape index (κ2) is 6.98. The smallest absolute Gasteiger partial charge is 0.0513 e. The number of hydrogen-bond acceptors (Lipinski definition) is 1. The van der Waals surface area contributed by atoms with Crippen molar-refractivity contribution in [2.75, 3.05) is 5.32 Å². The first-order valence-electron chi connectivity index (χ1n) is 7.17. The Bertz CT molecular complexity index is 490. The molecule has 1 heteroatoms. The third-order valence-electron chi connectivity index (χ3n) is 3.41. The van der Waals surface area contributed by atoms with Crippen molar-refractivity contribution in [1.82, 2.24) is 0 Å². The summed E-state index contributed by atoms with van der Waals surface area (Å²) in [7, 11) is 0. The second-order valence-electron chi connectivity index (χ2n) is 5.12. The fourth-order valence-electron chi connectivity index (χ4n) is 2.35. The van der Waals surface area contributed by atoms with Crippen LogP contribution in [0.3, 0.4) is 0 Å². The Hall–Kier alpha value is -1.76. The van der Waals surface area contributed by atoms with E-state index in [0.29, 0.717) is 6.04 Å². The van der Waals surface area contributed by atoms with Crippen molar-refractivity contribution in [3.05, 3.63) is 65.7 Å². The zero-order valence-corrected chi connectivity index (χ0v) is 11.9. The number of benzene rings is 2. The molecule has 2 aromatic rings. The van der Waals surface area contributed by atoms with Crippen molar-refractivity contribution in [1.29, 1.82) is 0 Å². The molecule has 0 aliphatic carbocycles. The lowest BCUT2D eigenvalue weighted by molar-refractivity contribution is 0.634. The van der Waals surface area contributed by atoms with Crippen LogP contribution in [0.15, 0.2) is 54.6 Å². The zero-order valence-electron chi connectivity index (χ0n) is 11.9. The number of rotatable bonds is 6. The maximum absolute atomic E-state index is 3.67. The Morgan fingerprint density at radius 2 is 1.79 bits per heavy atom. The van der Waals surface area contributed by atoms with E-state index in [-0.39, 0.29) is 0 Å². The first kappa shape index (κ1) is 13.7. The fraction of sp³-hybridized carbons (Fsp3) is 0.333. The van der Waals surface area contributed by atoms with Gasteiger partial charge in [0, 0.05) is 5.69 Å². The van der Waals surface area contributed by atoms with E-state index in [4.69, 9.17) is 0 Å². The Morgan fingerprint density at radius 3 is 2.47 bits per heavy atom. The average molecular weight is 253 g/mol. The van der Waals surface area contributed by atoms with Crippen molar-refractivity contribution in [2.45, 2.75) is 39.2 Å². The predicted molar refractivity (Wildman–Crippen MR) is 83.5 cm³/mol. The van der Waals surface area contributed by atoms with Crippen LogP contribution in [0.25, 0.3) is 0 Å². The monoisotopic (exact) mass is 253 g/mol. The van der Waals surface area contributed by atoms with Gasteiger partial charge in [0.25, 0.3) is 0 Å². The maximum atomic E-state index is 3.67. The number of hydrogen-bond donors (Lipinski definition) is 1. The number of nitrogens with one attached hydrogen (secondary N) is 1. The molecular weight excluding hydrogens is 230 g/mol. The molecule has 0 amide bonds. The summed E-state index contributed by atoms with van der Waals surface area (Å²) >= 11 is 0. The molecule has 1 N–H and O–H groups in total. The zero-order chi connectivity index (χ0) is 13.5. The fourth-order valence-corrected chi connectivity index (χ4v) is 2.35. The summed E-state index contributed by atoms with van der Waals surface area (Å²) in [5, 5.41) is 3.67. The van der Waals surface area contributed by atoms with Crippen LogP contribution in [-0.4, -0.2) is 0 Å². The van der Waals surface area contributed by atoms with Crippen LogP contribution in [0.5, 0.6) is 0 Å². The van der Waals surface area contributed by atoms with E-state index < -0.39 is 0 Å². The summed E-state index contributed by atoms with van der Waals surface area (Å²) in [4.78, 5) is 0. The Labute approximate surface area is 116 Å². The molecule has 19 heavy (non-hydrogen) atoms. The molecule has 0 radical (unpaired) electrons. The normalized spacial score (nSPS) is 12.1. The van der Waals surface area contributed by atoms with Gasteiger partial charge in [-0.1, -0.05) is 62.2 Å². The van der Waals surface area contributed by atoms with E-state index in [1.54, 1.807) is 0 Å². The van der Waals surface area contributed by atoms with Gasteiger partial charge in [-0.15, -0.1) is 0 Å². The molecule has 0 aliphatic rings. The molecule has 0 aromatic heterocycles. The molecule has 0 fully saturated rings. The predicted octanol–water partition coefficient (Wildman–Crippen LogP) is 5.34. The van der Waals surface area contributed by atoms with Gasteiger partial charge in [0.1, 0.15) is 0 Å². The van der Waals surface area contributed by atoms with E-state index in [1.807, 2.05) is 0 Å². The van der Waals surface area contributed by atoms with Gasteiger partial charge in [-0.25, -0.2) is 0 Å². The van der Waals surface area contributed by atoms with Crippen LogP contribution in [0.2, 0.25) is 0 Å². The van der Waals surface area contributed by atoms with Crippen LogP contribution in [0.4, 0.5) is 5.69 Å². The van der Waals surface area contributed by atoms with Crippen LogP contribution >= 0.6 is 0 Å². The summed E-state index contributed by atoms with van der Waals surface area (Å²) in [6, 6.07) is 19.7. The van der Waals surface area contributed by atoms with Gasteiger partial charge in [0.2, 0.25) is 0 Å². The molecule has 0 heterocycles. The molecule has 2 aromatic carbocycles. The van der Waals surface area contributed by atoms with E-state index in [2.05, 4.69) is 73.8 Å². The molecule has 0 saturated heterocycles. The summed E-state index contributed by atoms with van der Waals surface area (Å²) in [6.07, 6.45) is 3.66. The van der Waals surface area contributed by atoms with Crippen molar-refractivity contribution >= 4 is 5.69 Å². The molecule has 1 atom stereocenters. The third kappa shape index (κ3) is 4.13. The maximum Gasteiger partial charge on any atom is 0.0513 e. The highest BCUT2D eigenvalue weighted by atomic mass is 14.9. The third-order valence-corrected chi connectivity index (χ3v) is 3.41. The molecule has 100 valence electrons. The highest BCUT2D eigenvalue weighted by molar-refractivity contribution is 5.47. The van der Waals surface area contributed by atoms with Gasteiger partial charge in [-0.05, 0) is 36.6 Å². The summed E-state index contributed by atoms with van der Waals surface area (Å²) < 4.78 is 0. The SMILES string of the molecule is CCCCC(Nc1cccc(C)c1)c1ccccc1. The van der Waals surface area contributed by atoms with Gasteiger partial charge in [-0.3, -0.25) is 0 Å². The molecule has 1 unspecified atom stereocenters. The van der Waals surface area contributed by atoms with E-state index in [9.17, 15) is 0 Å². The first-order valence-corrected chi connectivity index (χ1v) is 7.17. The Kier molecular flexibility index (Phi) is 5.02. The van der Waals surface area contributed by atoms with Crippen LogP contribution < -0.4 is 5.32 Å². The summed E-state index contributed by atoms with van der Waals surface area (Å²) in [6.45, 7) is 4.38. The molecular formula is C18H23N. The number of anilines is 1. The quantitative estimate of drug-likeness (QED) is 0.733. The minimum absolute atomic E-state index is 0.406. The lowest BCUT2D eigenvalue weighted by Gasteiger charge is -2.20. The minimum Gasteiger partial charge on any atom is -0.378 e. The number of aryl methyl sites for hydroxylation is 1. The van der Waals surface area contributed by atoms with Crippen LogP contribution in [0.1, 0.15) is 43.4 Å². The van der Waals surface area contributed by atoms with Gasteiger partial charge in [0.15, 0.2) is 0 Å². The first-order chi connectivity index (χ1) is 9.29. The lowest BCUT2D eigenvalue weighted by atomic mass is 10.0. The largest absolute Gasteiger partial charge is 0.378 e. The molecule has 0 spiro atoms. The van der Waals surface area contributed by atoms with Crippen molar-refractivity contribution in [2.24, 2.45) is 0 Å². The molecule has 1 nitrogen and oxygen atoms in total. The van der Waals surface area contributed by atoms with Crippen molar-refractivity contribution in [3.63, 3.8) is 0 Å². The Morgan fingerprint density at radius 1 is 1.00 bits per heavy atom. The van der Waals surface area contributed by atoms with Crippen LogP contribution in [0, 0.1) is 6.92 Å². The topological polar surface area (TPSA) is 12.0 Å².